The molecule has 104 valence electrons. The van der Waals surface area contributed by atoms with E-state index in [2.05, 4.69) is 26.5 Å². The average Bonchev–Trinajstić information content (AvgIpc) is 2.70. The summed E-state index contributed by atoms with van der Waals surface area (Å²) in [5.41, 5.74) is 2.54. The van der Waals surface area contributed by atoms with Crippen molar-refractivity contribution in [2.75, 3.05) is 19.6 Å². The van der Waals surface area contributed by atoms with Crippen molar-refractivity contribution >= 4 is 28.1 Å². The van der Waals surface area contributed by atoms with Crippen LogP contribution >= 0.6 is 15.9 Å². The fourth-order valence-corrected chi connectivity index (χ4v) is 2.51. The first kappa shape index (κ1) is 14.3. The van der Waals surface area contributed by atoms with Gasteiger partial charge in [0, 0.05) is 6.07 Å². The van der Waals surface area contributed by atoms with Crippen molar-refractivity contribution in [1.82, 2.24) is 5.43 Å². The number of quaternary nitrogens is 1. The van der Waals surface area contributed by atoms with Crippen molar-refractivity contribution in [2.45, 2.75) is 26.2 Å². The number of piperidine rings is 1. The van der Waals surface area contributed by atoms with Crippen molar-refractivity contribution in [3.05, 3.63) is 22.1 Å². The minimum Gasteiger partial charge on any atom is -0.459 e. The quantitative estimate of drug-likeness (QED) is 0.636. The van der Waals surface area contributed by atoms with Crippen LogP contribution in [0.4, 0.5) is 0 Å². The van der Waals surface area contributed by atoms with Crippen molar-refractivity contribution in [3.8, 4) is 0 Å². The van der Waals surface area contributed by atoms with Gasteiger partial charge in [-0.1, -0.05) is 0 Å². The standard InChI is InChI=1S/C13H18BrN3O2/c1-10-12(14)7-11(19-10)8-15-16-13(18)9-17-5-3-2-4-6-17/h7-8H,2-6,9H2,1H3,(H,16,18)/p+1/b15-8-. The molecule has 0 spiro atoms. The zero-order chi connectivity index (χ0) is 13.7. The fourth-order valence-electron chi connectivity index (χ4n) is 2.21. The summed E-state index contributed by atoms with van der Waals surface area (Å²) in [6.45, 7) is 4.53. The Labute approximate surface area is 121 Å². The van der Waals surface area contributed by atoms with E-state index in [-0.39, 0.29) is 5.91 Å². The van der Waals surface area contributed by atoms with Crippen LogP contribution in [0.25, 0.3) is 0 Å². The number of hydrazone groups is 1. The van der Waals surface area contributed by atoms with E-state index in [1.54, 1.807) is 0 Å². The molecule has 0 unspecified atom stereocenters. The van der Waals surface area contributed by atoms with Gasteiger partial charge in [-0.05, 0) is 42.1 Å². The van der Waals surface area contributed by atoms with Crippen molar-refractivity contribution in [1.29, 1.82) is 0 Å². The highest BCUT2D eigenvalue weighted by atomic mass is 79.9. The highest BCUT2D eigenvalue weighted by Crippen LogP contribution is 2.18. The van der Waals surface area contributed by atoms with Crippen LogP contribution in [-0.4, -0.2) is 31.8 Å². The Hall–Kier alpha value is -1.14. The zero-order valence-electron chi connectivity index (χ0n) is 11.0. The summed E-state index contributed by atoms with van der Waals surface area (Å²) in [6, 6.07) is 1.82. The second kappa shape index (κ2) is 6.86. The van der Waals surface area contributed by atoms with Crippen molar-refractivity contribution < 1.29 is 14.1 Å². The molecule has 2 rings (SSSR count). The third-order valence-corrected chi connectivity index (χ3v) is 4.02. The lowest BCUT2D eigenvalue weighted by atomic mass is 10.1. The van der Waals surface area contributed by atoms with Crippen molar-refractivity contribution in [3.63, 3.8) is 0 Å². The largest absolute Gasteiger partial charge is 0.459 e. The summed E-state index contributed by atoms with van der Waals surface area (Å²) in [5.74, 6) is 1.37. The van der Waals surface area contributed by atoms with Crippen LogP contribution in [0.3, 0.4) is 0 Å². The summed E-state index contributed by atoms with van der Waals surface area (Å²) in [7, 11) is 0. The van der Waals surface area contributed by atoms with Crippen LogP contribution in [0.15, 0.2) is 20.1 Å². The summed E-state index contributed by atoms with van der Waals surface area (Å²) in [5, 5.41) is 3.91. The van der Waals surface area contributed by atoms with Gasteiger partial charge >= 0.3 is 0 Å². The van der Waals surface area contributed by atoms with Crippen molar-refractivity contribution in [2.24, 2.45) is 5.10 Å². The first-order chi connectivity index (χ1) is 9.15. The van der Waals surface area contributed by atoms with E-state index in [0.29, 0.717) is 12.3 Å². The Morgan fingerprint density at radius 2 is 2.26 bits per heavy atom. The first-order valence-electron chi connectivity index (χ1n) is 6.56. The van der Waals surface area contributed by atoms with Crippen LogP contribution in [0.5, 0.6) is 0 Å². The van der Waals surface area contributed by atoms with E-state index in [1.807, 2.05) is 13.0 Å². The Morgan fingerprint density at radius 1 is 1.53 bits per heavy atom. The van der Waals surface area contributed by atoms with Gasteiger partial charge in [0.15, 0.2) is 6.54 Å². The third-order valence-electron chi connectivity index (χ3n) is 3.23. The van der Waals surface area contributed by atoms with Gasteiger partial charge in [-0.15, -0.1) is 0 Å². The van der Waals surface area contributed by atoms with Gasteiger partial charge in [0.2, 0.25) is 0 Å². The van der Waals surface area contributed by atoms with Crippen LogP contribution in [0.1, 0.15) is 30.8 Å². The normalized spacial score (nSPS) is 16.9. The molecule has 0 atom stereocenters. The second-order valence-electron chi connectivity index (χ2n) is 4.83. The Bertz CT molecular complexity index is 445. The number of hydrogen-bond acceptors (Lipinski definition) is 3. The van der Waals surface area contributed by atoms with Gasteiger partial charge in [-0.2, -0.15) is 5.10 Å². The molecule has 1 aromatic rings. The fraction of sp³-hybridized carbons (Fsp3) is 0.538. The van der Waals surface area contributed by atoms with E-state index >= 15 is 0 Å². The molecule has 5 nitrogen and oxygen atoms in total. The van der Waals surface area contributed by atoms with Crippen LogP contribution in [0.2, 0.25) is 0 Å². The topological polar surface area (TPSA) is 59.0 Å². The Balaban J connectivity index is 1.76. The number of nitrogens with zero attached hydrogens (tertiary/aromatic N) is 1. The third kappa shape index (κ3) is 4.47. The van der Waals surface area contributed by atoms with Crippen LogP contribution < -0.4 is 10.3 Å². The van der Waals surface area contributed by atoms with Gasteiger partial charge in [0.1, 0.15) is 11.5 Å². The minimum absolute atomic E-state index is 0.0458. The lowest BCUT2D eigenvalue weighted by Gasteiger charge is -2.22. The van der Waals surface area contributed by atoms with Gasteiger partial charge in [0.05, 0.1) is 23.8 Å². The number of carbonyl (C=O) groups is 1. The molecule has 0 radical (unpaired) electrons. The SMILES string of the molecule is Cc1oc(/C=N\NC(=O)C[NH+]2CCCCC2)cc1Br. The maximum atomic E-state index is 11.7. The van der Waals surface area contributed by atoms with E-state index in [4.69, 9.17) is 4.42 Å². The number of halogens is 1. The molecule has 0 aromatic carbocycles. The summed E-state index contributed by atoms with van der Waals surface area (Å²) in [4.78, 5) is 13.0. The summed E-state index contributed by atoms with van der Waals surface area (Å²) >= 11 is 3.36. The highest BCUT2D eigenvalue weighted by molar-refractivity contribution is 9.10. The molecule has 1 aliphatic rings. The van der Waals surface area contributed by atoms with Crippen LogP contribution in [0, 0.1) is 6.92 Å². The van der Waals surface area contributed by atoms with E-state index in [9.17, 15) is 4.79 Å². The number of furan rings is 1. The number of nitrogens with one attached hydrogen (secondary N) is 2. The monoisotopic (exact) mass is 328 g/mol. The molecular formula is C13H19BrN3O2+. The highest BCUT2D eigenvalue weighted by Gasteiger charge is 2.16. The molecule has 19 heavy (non-hydrogen) atoms. The predicted molar refractivity (Wildman–Crippen MR) is 76.3 cm³/mol. The second-order valence-corrected chi connectivity index (χ2v) is 5.69. The number of rotatable bonds is 4. The molecular weight excluding hydrogens is 310 g/mol. The Morgan fingerprint density at radius 3 is 2.89 bits per heavy atom. The smallest absolute Gasteiger partial charge is 0.295 e. The summed E-state index contributed by atoms with van der Waals surface area (Å²) in [6.07, 6.45) is 5.23. The number of hydrogen-bond donors (Lipinski definition) is 2. The maximum absolute atomic E-state index is 11.7. The maximum Gasteiger partial charge on any atom is 0.295 e. The number of amides is 1. The molecule has 6 heteroatoms. The van der Waals surface area contributed by atoms with Gasteiger partial charge in [-0.3, -0.25) is 4.79 Å². The minimum atomic E-state index is -0.0458. The molecule has 0 aliphatic carbocycles. The van der Waals surface area contributed by atoms with Gasteiger partial charge < -0.3 is 9.32 Å². The average molecular weight is 329 g/mol. The van der Waals surface area contributed by atoms with Gasteiger partial charge in [0.25, 0.3) is 5.91 Å². The van der Waals surface area contributed by atoms with Crippen LogP contribution in [-0.2, 0) is 4.79 Å². The molecule has 2 heterocycles. The molecule has 1 aliphatic heterocycles. The molecule has 0 saturated carbocycles. The lowest BCUT2D eigenvalue weighted by Crippen LogP contribution is -3.13. The molecule has 2 N–H and O–H groups in total. The lowest BCUT2D eigenvalue weighted by molar-refractivity contribution is -0.896. The number of aryl methyl sites for hydroxylation is 1. The molecule has 1 amide bonds. The Kier molecular flexibility index (Phi) is 5.15. The van der Waals surface area contributed by atoms with Gasteiger partial charge in [-0.25, -0.2) is 5.43 Å². The van der Waals surface area contributed by atoms with E-state index in [1.165, 1.54) is 30.4 Å². The molecule has 1 aromatic heterocycles. The molecule has 1 fully saturated rings. The van der Waals surface area contributed by atoms with E-state index in [0.717, 1.165) is 23.3 Å². The molecule has 1 saturated heterocycles. The van der Waals surface area contributed by atoms with E-state index < -0.39 is 0 Å². The zero-order valence-corrected chi connectivity index (χ0v) is 12.6. The summed E-state index contributed by atoms with van der Waals surface area (Å²) < 4.78 is 6.29. The molecule has 0 bridgehead atoms. The number of carbonyl (C=O) groups excluding carboxylic acids is 1. The number of likely N-dealkylation sites (tertiary alicyclic amines) is 1. The predicted octanol–water partition coefficient (Wildman–Crippen LogP) is 0.869. The first-order valence-corrected chi connectivity index (χ1v) is 7.36.